The number of nitrogens with zero attached hydrogens (tertiary/aromatic N) is 4. The molecule has 0 aliphatic carbocycles. The molecule has 12 rings (SSSR count). The number of hydrogen-bond acceptors (Lipinski definition) is 4. The van der Waals surface area contributed by atoms with Crippen LogP contribution in [0.4, 0.5) is 0 Å². The molecule has 0 aliphatic heterocycles. The van der Waals surface area contributed by atoms with E-state index in [1.54, 1.807) is 0 Å². The molecule has 0 bridgehead atoms. The van der Waals surface area contributed by atoms with Gasteiger partial charge in [0.25, 0.3) is 0 Å². The molecule has 3 aromatic heterocycles. The normalized spacial score (nSPS) is 13.2. The smallest absolute Gasteiger partial charge is 0.164 e. The van der Waals surface area contributed by atoms with Crippen molar-refractivity contribution in [2.24, 2.45) is 0 Å². The summed E-state index contributed by atoms with van der Waals surface area (Å²) in [4.78, 5) is 15.5. The zero-order valence-corrected chi connectivity index (χ0v) is 30.7. The molecular weight excluding hydrogens is 709 g/mol. The maximum Gasteiger partial charge on any atom is 0.164 e. The zero-order chi connectivity index (χ0) is 43.4. The lowest BCUT2D eigenvalue weighted by Gasteiger charge is -2.17. The highest BCUT2D eigenvalue weighted by Crippen LogP contribution is 2.43. The second kappa shape index (κ2) is 12.8. The Morgan fingerprint density at radius 3 is 1.84 bits per heavy atom. The largest absolute Gasteiger partial charge is 0.455 e. The lowest BCUT2D eigenvalue weighted by Crippen LogP contribution is -2.02. The van der Waals surface area contributed by atoms with Crippen molar-refractivity contribution >= 4 is 65.3 Å². The number of aromatic nitrogens is 4. The minimum Gasteiger partial charge on any atom is -0.455 e. The minimum atomic E-state index is -0.373. The predicted molar refractivity (Wildman–Crippen MR) is 238 cm³/mol. The first-order chi connectivity index (χ1) is 31.2. The summed E-state index contributed by atoms with van der Waals surface area (Å²) in [5, 5.41) is 6.47. The molecule has 270 valence electrons. The molecule has 0 saturated heterocycles. The first kappa shape index (κ1) is 26.8. The summed E-state index contributed by atoms with van der Waals surface area (Å²) in [5.41, 5.74) is 5.48. The van der Waals surface area contributed by atoms with E-state index in [9.17, 15) is 2.74 Å². The van der Waals surface area contributed by atoms with Gasteiger partial charge < -0.3 is 8.98 Å². The second-order valence-corrected chi connectivity index (χ2v) is 14.3. The van der Waals surface area contributed by atoms with Gasteiger partial charge in [0.15, 0.2) is 17.5 Å². The topological polar surface area (TPSA) is 56.7 Å². The molecule has 0 N–H and O–H groups in total. The summed E-state index contributed by atoms with van der Waals surface area (Å²) in [7, 11) is 0. The number of hydrogen-bond donors (Lipinski definition) is 0. The SMILES string of the molecule is [2H]c1cc([2H])c2oc3c(-c4cc(-c5nc(-c6ccccc6)nc(-c6cc7ccccc7c7ccccc67)n5)ccc4-n4c5ccccc5c5ccccc54)c([2H])c([2H])c([2H])c3c2c1[2H]. The van der Waals surface area contributed by atoms with E-state index < -0.39 is 0 Å². The highest BCUT2D eigenvalue weighted by atomic mass is 16.3. The Balaban J connectivity index is 1.20. The Morgan fingerprint density at radius 1 is 0.414 bits per heavy atom. The summed E-state index contributed by atoms with van der Waals surface area (Å²) in [5.74, 6) is 1.31. The molecule has 58 heavy (non-hydrogen) atoms. The van der Waals surface area contributed by atoms with Crippen LogP contribution in [0.5, 0.6) is 0 Å². The van der Waals surface area contributed by atoms with Gasteiger partial charge in [-0.05, 0) is 64.0 Å². The Morgan fingerprint density at radius 2 is 1.05 bits per heavy atom. The number of furan rings is 1. The van der Waals surface area contributed by atoms with Gasteiger partial charge in [-0.15, -0.1) is 0 Å². The van der Waals surface area contributed by atoms with Crippen LogP contribution in [-0.2, 0) is 0 Å². The lowest BCUT2D eigenvalue weighted by molar-refractivity contribution is 0.670. The quantitative estimate of drug-likeness (QED) is 0.165. The summed E-state index contributed by atoms with van der Waals surface area (Å²) >= 11 is 0. The van der Waals surface area contributed by atoms with Gasteiger partial charge in [-0.1, -0.05) is 152 Å². The third-order valence-corrected chi connectivity index (χ3v) is 11.0. The lowest BCUT2D eigenvalue weighted by atomic mass is 9.96. The molecule has 3 heterocycles. The highest BCUT2D eigenvalue weighted by Gasteiger charge is 2.22. The molecule has 5 nitrogen and oxygen atoms in total. The van der Waals surface area contributed by atoms with E-state index >= 15 is 0 Å². The molecular formula is C53H32N4O. The Labute approximate surface area is 341 Å². The number of para-hydroxylation sites is 4. The predicted octanol–water partition coefficient (Wildman–Crippen LogP) is 13.8. The van der Waals surface area contributed by atoms with E-state index in [1.165, 1.54) is 6.07 Å². The second-order valence-electron chi connectivity index (χ2n) is 14.3. The highest BCUT2D eigenvalue weighted by molar-refractivity contribution is 6.14. The van der Waals surface area contributed by atoms with E-state index in [2.05, 4.69) is 47.0 Å². The molecule has 0 unspecified atom stereocenters. The van der Waals surface area contributed by atoms with Crippen molar-refractivity contribution in [3.8, 4) is 51.0 Å². The molecule has 0 saturated carbocycles. The third-order valence-electron chi connectivity index (χ3n) is 11.0. The fourth-order valence-corrected chi connectivity index (χ4v) is 8.39. The average Bonchev–Trinajstić information content (AvgIpc) is 3.90. The van der Waals surface area contributed by atoms with E-state index in [1.807, 2.05) is 109 Å². The van der Waals surface area contributed by atoms with Crippen molar-refractivity contribution in [2.75, 3.05) is 0 Å². The van der Waals surface area contributed by atoms with E-state index in [0.717, 1.165) is 54.5 Å². The first-order valence-electron chi connectivity index (χ1n) is 22.0. The van der Waals surface area contributed by atoms with Gasteiger partial charge in [-0.25, -0.2) is 15.0 Å². The molecule has 0 atom stereocenters. The number of rotatable bonds is 5. The van der Waals surface area contributed by atoms with E-state index in [-0.39, 0.29) is 63.8 Å². The average molecular weight is 747 g/mol. The summed E-state index contributed by atoms with van der Waals surface area (Å²) in [6.45, 7) is 0. The van der Waals surface area contributed by atoms with Crippen LogP contribution in [-0.4, -0.2) is 19.5 Å². The molecule has 0 aliphatic rings. The minimum absolute atomic E-state index is 0.0162. The van der Waals surface area contributed by atoms with Crippen molar-refractivity contribution in [2.45, 2.75) is 0 Å². The van der Waals surface area contributed by atoms with Crippen molar-refractivity contribution in [1.82, 2.24) is 19.5 Å². The van der Waals surface area contributed by atoms with Gasteiger partial charge in [0, 0.05) is 49.4 Å². The number of benzene rings is 9. The Hall–Kier alpha value is -7.89. The molecule has 12 aromatic rings. The van der Waals surface area contributed by atoms with Crippen molar-refractivity contribution < 1.29 is 12.6 Å². The molecule has 9 aromatic carbocycles. The molecule has 5 heteroatoms. The fourth-order valence-electron chi connectivity index (χ4n) is 8.39. The maximum absolute atomic E-state index is 9.59. The monoisotopic (exact) mass is 746 g/mol. The van der Waals surface area contributed by atoms with Crippen LogP contribution in [0.3, 0.4) is 0 Å². The van der Waals surface area contributed by atoms with Crippen LogP contribution in [0.2, 0.25) is 0 Å². The van der Waals surface area contributed by atoms with Crippen LogP contribution in [0.25, 0.3) is 116 Å². The molecule has 0 spiro atoms. The van der Waals surface area contributed by atoms with Crippen LogP contribution < -0.4 is 0 Å². The van der Waals surface area contributed by atoms with Gasteiger partial charge >= 0.3 is 0 Å². The first-order valence-corrected chi connectivity index (χ1v) is 19.0. The van der Waals surface area contributed by atoms with Crippen LogP contribution in [0.1, 0.15) is 8.22 Å². The van der Waals surface area contributed by atoms with Gasteiger partial charge in [0.2, 0.25) is 0 Å². The van der Waals surface area contributed by atoms with E-state index in [0.29, 0.717) is 34.3 Å². The summed E-state index contributed by atoms with van der Waals surface area (Å²) < 4.78 is 62.6. The van der Waals surface area contributed by atoms with Gasteiger partial charge in [-0.2, -0.15) is 0 Å². The summed E-state index contributed by atoms with van der Waals surface area (Å²) in [6.07, 6.45) is 0. The van der Waals surface area contributed by atoms with Crippen molar-refractivity contribution in [1.29, 1.82) is 0 Å². The molecule has 0 radical (unpaired) electrons. The van der Waals surface area contributed by atoms with Crippen LogP contribution >= 0.6 is 0 Å². The van der Waals surface area contributed by atoms with Gasteiger partial charge in [0.1, 0.15) is 11.2 Å². The summed E-state index contributed by atoms with van der Waals surface area (Å²) in [6, 6.07) is 50.1. The zero-order valence-electron chi connectivity index (χ0n) is 36.7. The number of fused-ring (bicyclic) bond motifs is 9. The molecule has 0 amide bonds. The third kappa shape index (κ3) is 5.00. The fraction of sp³-hybridized carbons (Fsp3) is 0. The Bertz CT molecular complexity index is 3880. The van der Waals surface area contributed by atoms with Crippen molar-refractivity contribution in [3.05, 3.63) is 194 Å². The van der Waals surface area contributed by atoms with Gasteiger partial charge in [0.05, 0.1) is 24.9 Å². The van der Waals surface area contributed by atoms with Gasteiger partial charge in [-0.3, -0.25) is 0 Å². The molecule has 0 fully saturated rings. The Kier molecular flexibility index (Phi) is 5.94. The van der Waals surface area contributed by atoms with Crippen molar-refractivity contribution in [3.63, 3.8) is 0 Å². The maximum atomic E-state index is 9.59. The van der Waals surface area contributed by atoms with E-state index in [4.69, 9.17) is 24.9 Å². The van der Waals surface area contributed by atoms with Crippen LogP contribution in [0.15, 0.2) is 198 Å². The van der Waals surface area contributed by atoms with Crippen LogP contribution in [0, 0.1) is 0 Å². The standard InChI is InChI=1S/C53H32N4O/c1-2-15-33(16-3-1)51-54-52(56-53(55-51)45-31-34-17-4-5-18-36(34)37-19-6-7-20-38(37)45)35-29-30-48(57-46-26-11-8-21-39(46)40-22-9-12-27-47(40)57)44(32-35)43-25-14-24-42-41-23-10-13-28-49(41)58-50(42)43/h1-32H/i10D,14D,23D,24D,25D,28D.